The molecule has 0 atom stereocenters. The molecule has 1 spiro atoms. The third kappa shape index (κ3) is 3.02. The largest absolute Gasteiger partial charge is 0.424 e. The molecule has 1 nitrogen and oxygen atoms in total. The maximum atomic E-state index is 12.6. The second-order valence-electron chi connectivity index (χ2n) is 11.0. The minimum absolute atomic E-state index is 0.146. The van der Waals surface area contributed by atoms with E-state index in [1.54, 1.807) is 0 Å². The fourth-order valence-corrected chi connectivity index (χ4v) is 10.9. The Balaban J connectivity index is 1.34. The molecular weight excluding hydrogens is 428 g/mol. The Morgan fingerprint density at radius 3 is 1.56 bits per heavy atom. The van der Waals surface area contributed by atoms with Crippen LogP contribution in [0.5, 0.6) is 0 Å². The van der Waals surface area contributed by atoms with Gasteiger partial charge in [-0.15, -0.1) is 0 Å². The first-order valence-corrected chi connectivity index (χ1v) is 14.4. The zero-order chi connectivity index (χ0) is 23.4. The summed E-state index contributed by atoms with van der Waals surface area (Å²) in [6.45, 7) is 4.61. The van der Waals surface area contributed by atoms with Crippen LogP contribution in [0.3, 0.4) is 0 Å². The average molecular weight is 461 g/mol. The molecule has 0 heterocycles. The van der Waals surface area contributed by atoms with Crippen LogP contribution in [0.2, 0.25) is 5.04 Å². The highest BCUT2D eigenvalue weighted by Gasteiger charge is 2.56. The van der Waals surface area contributed by atoms with Gasteiger partial charge < -0.3 is 4.80 Å². The lowest BCUT2D eigenvalue weighted by molar-refractivity contribution is 0.158. The van der Waals surface area contributed by atoms with Crippen molar-refractivity contribution in [2.45, 2.75) is 43.6 Å². The zero-order valence-electron chi connectivity index (χ0n) is 20.0. The maximum Gasteiger partial charge on any atom is 0.258 e. The lowest BCUT2D eigenvalue weighted by Gasteiger charge is -2.51. The van der Waals surface area contributed by atoms with E-state index >= 15 is 0 Å². The highest BCUT2D eigenvalue weighted by atomic mass is 28.4. The molecule has 4 aromatic carbocycles. The summed E-state index contributed by atoms with van der Waals surface area (Å²) in [4.78, 5) is 12.6. The Hall–Kier alpha value is -2.94. The standard InChI is InChI=1S/C32H32OSi/c1-31(2,34(33,25-13-5-3-6-14-25)26-15-7-4-8-16-26)21-24-22-32(23-24)29-19-11-9-17-27(29)28-18-10-12-20-30(28)32/h3-20,24,33H,21-23H2,1-2H3. The van der Waals surface area contributed by atoms with Gasteiger partial charge in [0.15, 0.2) is 0 Å². The summed E-state index contributed by atoms with van der Waals surface area (Å²) in [5.74, 6) is 0.598. The van der Waals surface area contributed by atoms with Crippen molar-refractivity contribution in [2.24, 2.45) is 5.92 Å². The molecule has 170 valence electrons. The lowest BCUT2D eigenvalue weighted by atomic mass is 9.56. The van der Waals surface area contributed by atoms with Gasteiger partial charge in [-0.25, -0.2) is 0 Å². The maximum absolute atomic E-state index is 12.6. The van der Waals surface area contributed by atoms with Gasteiger partial charge >= 0.3 is 0 Å². The summed E-state index contributed by atoms with van der Waals surface area (Å²) >= 11 is 0. The van der Waals surface area contributed by atoms with E-state index in [-0.39, 0.29) is 10.5 Å². The van der Waals surface area contributed by atoms with E-state index in [9.17, 15) is 4.80 Å². The van der Waals surface area contributed by atoms with Gasteiger partial charge in [-0.1, -0.05) is 123 Å². The van der Waals surface area contributed by atoms with Gasteiger partial charge in [-0.3, -0.25) is 0 Å². The molecule has 0 aromatic heterocycles. The normalized spacial score (nSPS) is 16.7. The van der Waals surface area contributed by atoms with Crippen LogP contribution in [0.4, 0.5) is 0 Å². The Bertz CT molecular complexity index is 1230. The number of hydrogen-bond acceptors (Lipinski definition) is 1. The topological polar surface area (TPSA) is 20.2 Å². The highest BCUT2D eigenvalue weighted by molar-refractivity contribution is 6.98. The fourth-order valence-electron chi connectivity index (χ4n) is 7.10. The van der Waals surface area contributed by atoms with Gasteiger partial charge in [0.1, 0.15) is 0 Å². The zero-order valence-corrected chi connectivity index (χ0v) is 21.0. The van der Waals surface area contributed by atoms with Crippen molar-refractivity contribution in [1.82, 2.24) is 0 Å². The third-order valence-corrected chi connectivity index (χ3v) is 13.1. The van der Waals surface area contributed by atoms with Crippen LogP contribution < -0.4 is 10.4 Å². The summed E-state index contributed by atoms with van der Waals surface area (Å²) in [5, 5.41) is 2.02. The van der Waals surface area contributed by atoms with E-state index in [0.29, 0.717) is 5.92 Å². The molecule has 0 amide bonds. The molecule has 1 saturated carbocycles. The van der Waals surface area contributed by atoms with E-state index in [4.69, 9.17) is 0 Å². The molecular formula is C32H32OSi. The summed E-state index contributed by atoms with van der Waals surface area (Å²) in [5.41, 5.74) is 5.98. The van der Waals surface area contributed by atoms with Crippen molar-refractivity contribution >= 4 is 18.7 Å². The van der Waals surface area contributed by atoms with Crippen LogP contribution in [-0.4, -0.2) is 13.1 Å². The van der Waals surface area contributed by atoms with Crippen molar-refractivity contribution in [3.05, 3.63) is 120 Å². The number of fused-ring (bicyclic) bond motifs is 5. The molecule has 0 unspecified atom stereocenters. The van der Waals surface area contributed by atoms with E-state index in [1.807, 2.05) is 12.1 Å². The molecule has 2 aliphatic carbocycles. The van der Waals surface area contributed by atoms with Crippen LogP contribution in [0.25, 0.3) is 11.1 Å². The first-order chi connectivity index (χ1) is 16.5. The van der Waals surface area contributed by atoms with Crippen LogP contribution in [0, 0.1) is 5.92 Å². The van der Waals surface area contributed by atoms with Crippen molar-refractivity contribution in [2.75, 3.05) is 0 Å². The van der Waals surface area contributed by atoms with Gasteiger partial charge in [-0.2, -0.15) is 0 Å². The van der Waals surface area contributed by atoms with Gasteiger partial charge in [0, 0.05) is 5.41 Å². The molecule has 6 rings (SSSR count). The monoisotopic (exact) mass is 460 g/mol. The molecule has 1 fully saturated rings. The molecule has 4 aromatic rings. The smallest absolute Gasteiger partial charge is 0.258 e. The third-order valence-electron chi connectivity index (χ3n) is 8.61. The first-order valence-electron chi connectivity index (χ1n) is 12.5. The number of benzene rings is 4. The molecule has 0 saturated heterocycles. The molecule has 2 heteroatoms. The Kier molecular flexibility index (Phi) is 4.95. The molecule has 0 bridgehead atoms. The van der Waals surface area contributed by atoms with Crippen molar-refractivity contribution < 1.29 is 4.80 Å². The predicted octanol–water partition coefficient (Wildman–Crippen LogP) is 6.29. The minimum Gasteiger partial charge on any atom is -0.424 e. The molecule has 34 heavy (non-hydrogen) atoms. The average Bonchev–Trinajstić information content (AvgIpc) is 3.15. The van der Waals surface area contributed by atoms with Gasteiger partial charge in [0.2, 0.25) is 0 Å². The Labute approximate surface area is 204 Å². The first kappa shape index (κ1) is 21.6. The Morgan fingerprint density at radius 1 is 0.676 bits per heavy atom. The van der Waals surface area contributed by atoms with Crippen LogP contribution in [-0.2, 0) is 5.41 Å². The van der Waals surface area contributed by atoms with Gasteiger partial charge in [0.05, 0.1) is 0 Å². The van der Waals surface area contributed by atoms with E-state index in [1.165, 1.54) is 35.1 Å². The summed E-state index contributed by atoms with van der Waals surface area (Å²) in [7, 11) is -2.97. The van der Waals surface area contributed by atoms with Crippen LogP contribution in [0.1, 0.15) is 44.2 Å². The summed E-state index contributed by atoms with van der Waals surface area (Å²) < 4.78 is 0. The van der Waals surface area contributed by atoms with E-state index in [2.05, 4.69) is 111 Å². The molecule has 2 aliphatic rings. The van der Waals surface area contributed by atoms with Crippen molar-refractivity contribution in [3.8, 4) is 11.1 Å². The molecule has 1 N–H and O–H groups in total. The van der Waals surface area contributed by atoms with Crippen molar-refractivity contribution in [3.63, 3.8) is 0 Å². The van der Waals surface area contributed by atoms with Crippen LogP contribution in [0.15, 0.2) is 109 Å². The minimum atomic E-state index is -2.97. The Morgan fingerprint density at radius 2 is 1.09 bits per heavy atom. The highest BCUT2D eigenvalue weighted by Crippen LogP contribution is 2.63. The number of rotatable bonds is 5. The van der Waals surface area contributed by atoms with Crippen molar-refractivity contribution in [1.29, 1.82) is 0 Å². The van der Waals surface area contributed by atoms with E-state index < -0.39 is 8.32 Å². The second-order valence-corrected chi connectivity index (χ2v) is 14.9. The quantitative estimate of drug-likeness (QED) is 0.347. The summed E-state index contributed by atoms with van der Waals surface area (Å²) in [6, 6.07) is 38.9. The SMILES string of the molecule is CC(C)(CC1CC2(C1)c1ccccc1-c1ccccc12)[Si](O)(c1ccccc1)c1ccccc1. The van der Waals surface area contributed by atoms with Gasteiger partial charge in [-0.05, 0) is 62.8 Å². The predicted molar refractivity (Wildman–Crippen MR) is 144 cm³/mol. The molecule has 0 radical (unpaired) electrons. The van der Waals surface area contributed by atoms with E-state index in [0.717, 1.165) is 16.8 Å². The summed E-state index contributed by atoms with van der Waals surface area (Å²) in [6.07, 6.45) is 3.36. The second kappa shape index (κ2) is 7.80. The number of hydrogen-bond donors (Lipinski definition) is 1. The molecule has 0 aliphatic heterocycles. The van der Waals surface area contributed by atoms with Crippen LogP contribution >= 0.6 is 0 Å². The van der Waals surface area contributed by atoms with Gasteiger partial charge in [0.25, 0.3) is 8.32 Å². The fraction of sp³-hybridized carbons (Fsp3) is 0.250. The lowest BCUT2D eigenvalue weighted by Crippen LogP contribution is -2.66.